The van der Waals surface area contributed by atoms with Gasteiger partial charge in [-0.15, -0.1) is 11.3 Å². The topological polar surface area (TPSA) is 80.8 Å². The van der Waals surface area contributed by atoms with Crippen LogP contribution >= 0.6 is 34.5 Å². The number of amides is 1. The van der Waals surface area contributed by atoms with Crippen molar-refractivity contribution >= 4 is 51.1 Å². The van der Waals surface area contributed by atoms with Crippen LogP contribution in [0.2, 0.25) is 10.0 Å². The lowest BCUT2D eigenvalue weighted by Crippen LogP contribution is -2.33. The minimum absolute atomic E-state index is 0.0531. The van der Waals surface area contributed by atoms with Crippen LogP contribution in [0, 0.1) is 10.1 Å². The van der Waals surface area contributed by atoms with Crippen LogP contribution in [0.4, 0.5) is 5.69 Å². The maximum absolute atomic E-state index is 13.5. The van der Waals surface area contributed by atoms with E-state index in [0.29, 0.717) is 24.5 Å². The molecule has 0 aliphatic heterocycles. The van der Waals surface area contributed by atoms with Gasteiger partial charge in [0.1, 0.15) is 0 Å². The van der Waals surface area contributed by atoms with Gasteiger partial charge in [-0.25, -0.2) is 4.98 Å². The van der Waals surface area contributed by atoms with Crippen molar-refractivity contribution in [3.8, 4) is 11.3 Å². The summed E-state index contributed by atoms with van der Waals surface area (Å²) in [6.07, 6.45) is 2.57. The van der Waals surface area contributed by atoms with Crippen LogP contribution in [0.25, 0.3) is 16.2 Å². The number of aromatic nitrogens is 2. The average Bonchev–Trinajstić information content (AvgIpc) is 3.48. The number of nitro groups is 1. The summed E-state index contributed by atoms with van der Waals surface area (Å²) in [5, 5.41) is 13.9. The molecule has 0 N–H and O–H groups in total. The van der Waals surface area contributed by atoms with Crippen LogP contribution in [0.1, 0.15) is 21.6 Å². The fourth-order valence-corrected chi connectivity index (χ4v) is 5.32. The number of nitro benzene ring substituents is 1. The van der Waals surface area contributed by atoms with E-state index in [2.05, 4.69) is 0 Å². The zero-order chi connectivity index (χ0) is 25.9. The monoisotopic (exact) mass is 550 g/mol. The lowest BCUT2D eigenvalue weighted by Gasteiger charge is -2.23. The highest BCUT2D eigenvalue weighted by Crippen LogP contribution is 2.27. The third-order valence-corrected chi connectivity index (χ3v) is 7.41. The molecular formula is C27H20Cl2N4O3S. The molecule has 0 saturated heterocycles. The van der Waals surface area contributed by atoms with Gasteiger partial charge in [0.25, 0.3) is 11.6 Å². The van der Waals surface area contributed by atoms with Crippen molar-refractivity contribution in [2.45, 2.75) is 13.0 Å². The lowest BCUT2D eigenvalue weighted by molar-refractivity contribution is -0.384. The summed E-state index contributed by atoms with van der Waals surface area (Å²) in [6, 6.07) is 21.1. The predicted molar refractivity (Wildman–Crippen MR) is 147 cm³/mol. The van der Waals surface area contributed by atoms with E-state index in [1.54, 1.807) is 4.90 Å². The summed E-state index contributed by atoms with van der Waals surface area (Å²) in [5.41, 5.74) is 3.88. The number of benzene rings is 3. The lowest BCUT2D eigenvalue weighted by atomic mass is 10.1. The number of halogens is 2. The van der Waals surface area contributed by atoms with Crippen LogP contribution in [-0.4, -0.2) is 31.7 Å². The number of carbonyl (C=O) groups is 1. The van der Waals surface area contributed by atoms with Crippen LogP contribution < -0.4 is 0 Å². The smallest absolute Gasteiger partial charge is 0.270 e. The van der Waals surface area contributed by atoms with Crippen molar-refractivity contribution in [1.82, 2.24) is 14.3 Å². The van der Waals surface area contributed by atoms with Gasteiger partial charge in [-0.2, -0.15) is 0 Å². The summed E-state index contributed by atoms with van der Waals surface area (Å²) in [5.74, 6) is -0.289. The molecule has 0 aliphatic carbocycles. The number of thiazole rings is 1. The number of fused-ring (bicyclic) bond motifs is 1. The molecule has 2 heterocycles. The molecule has 1 amide bonds. The van der Waals surface area contributed by atoms with E-state index < -0.39 is 4.92 Å². The summed E-state index contributed by atoms with van der Waals surface area (Å²) >= 11 is 13.8. The first-order valence-electron chi connectivity index (χ1n) is 11.4. The molecule has 0 fully saturated rings. The Labute approximate surface area is 226 Å². The quantitative estimate of drug-likeness (QED) is 0.151. The van der Waals surface area contributed by atoms with Gasteiger partial charge in [0.2, 0.25) is 0 Å². The third kappa shape index (κ3) is 5.51. The van der Waals surface area contributed by atoms with Crippen LogP contribution in [0.15, 0.2) is 84.4 Å². The summed E-state index contributed by atoms with van der Waals surface area (Å²) < 4.78 is 2.04. The molecule has 0 radical (unpaired) electrons. The van der Waals surface area contributed by atoms with Gasteiger partial charge in [0.05, 0.1) is 21.2 Å². The van der Waals surface area contributed by atoms with Gasteiger partial charge < -0.3 is 4.90 Å². The van der Waals surface area contributed by atoms with Gasteiger partial charge in [-0.05, 0) is 23.8 Å². The van der Waals surface area contributed by atoms with Gasteiger partial charge in [-0.1, -0.05) is 65.7 Å². The number of imidazole rings is 1. The Kier molecular flexibility index (Phi) is 7.23. The second-order valence-electron chi connectivity index (χ2n) is 8.40. The molecule has 0 unspecified atom stereocenters. The highest BCUT2D eigenvalue weighted by Gasteiger charge is 2.22. The van der Waals surface area contributed by atoms with Crippen molar-refractivity contribution in [3.05, 3.63) is 121 Å². The minimum Gasteiger partial charge on any atom is -0.334 e. The number of hydrogen-bond acceptors (Lipinski definition) is 5. The van der Waals surface area contributed by atoms with Gasteiger partial charge in [0.15, 0.2) is 4.96 Å². The van der Waals surface area contributed by atoms with Crippen LogP contribution in [-0.2, 0) is 13.0 Å². The molecule has 5 rings (SSSR count). The molecule has 0 aliphatic rings. The highest BCUT2D eigenvalue weighted by molar-refractivity contribution is 7.15. The molecule has 186 valence electrons. The largest absolute Gasteiger partial charge is 0.334 e. The van der Waals surface area contributed by atoms with E-state index in [1.165, 1.54) is 29.5 Å². The van der Waals surface area contributed by atoms with Gasteiger partial charge in [0, 0.05) is 59.5 Å². The maximum Gasteiger partial charge on any atom is 0.270 e. The first-order chi connectivity index (χ1) is 17.9. The molecule has 3 aromatic carbocycles. The Balaban J connectivity index is 1.40. The molecule has 0 saturated carbocycles. The van der Waals surface area contributed by atoms with Crippen molar-refractivity contribution in [3.63, 3.8) is 0 Å². The van der Waals surface area contributed by atoms with Crippen LogP contribution in [0.3, 0.4) is 0 Å². The molecule has 7 nitrogen and oxygen atoms in total. The number of carbonyl (C=O) groups excluding carboxylic acids is 1. The standard InChI is InChI=1S/C27H20Cl2N4O3S/c28-20-8-6-19(7-9-20)25-16-32-22(17-37-27(32)30-25)12-13-31(15-18-4-2-1-3-5-18)26(34)23-11-10-21(33(35)36)14-24(23)29/h1-11,14,16-17H,12-13,15H2. The maximum atomic E-state index is 13.5. The van der Waals surface area contributed by atoms with Crippen molar-refractivity contribution in [1.29, 1.82) is 0 Å². The molecule has 5 aromatic rings. The molecule has 37 heavy (non-hydrogen) atoms. The van der Waals surface area contributed by atoms with E-state index in [9.17, 15) is 14.9 Å². The normalized spacial score (nSPS) is 11.1. The fourth-order valence-electron chi connectivity index (χ4n) is 4.04. The Hall–Kier alpha value is -3.72. The summed E-state index contributed by atoms with van der Waals surface area (Å²) in [7, 11) is 0. The van der Waals surface area contributed by atoms with E-state index in [1.807, 2.05) is 70.6 Å². The number of hydrogen-bond donors (Lipinski definition) is 0. The molecular weight excluding hydrogens is 531 g/mol. The summed E-state index contributed by atoms with van der Waals surface area (Å²) in [6.45, 7) is 0.793. The van der Waals surface area contributed by atoms with Crippen molar-refractivity contribution in [2.75, 3.05) is 6.54 Å². The highest BCUT2D eigenvalue weighted by atomic mass is 35.5. The second kappa shape index (κ2) is 10.7. The van der Waals surface area contributed by atoms with E-state index in [0.717, 1.165) is 27.5 Å². The molecule has 10 heteroatoms. The van der Waals surface area contributed by atoms with Crippen LogP contribution in [0.5, 0.6) is 0 Å². The molecule has 0 atom stereocenters. The number of rotatable bonds is 8. The van der Waals surface area contributed by atoms with E-state index in [-0.39, 0.29) is 22.2 Å². The third-order valence-electron chi connectivity index (χ3n) is 5.96. The predicted octanol–water partition coefficient (Wildman–Crippen LogP) is 7.16. The Morgan fingerprint density at radius 3 is 2.51 bits per heavy atom. The first kappa shape index (κ1) is 25.0. The van der Waals surface area contributed by atoms with Gasteiger partial charge >= 0.3 is 0 Å². The minimum atomic E-state index is -0.535. The molecule has 0 spiro atoms. The first-order valence-corrected chi connectivity index (χ1v) is 13.0. The Morgan fingerprint density at radius 1 is 1.05 bits per heavy atom. The van der Waals surface area contributed by atoms with E-state index in [4.69, 9.17) is 28.2 Å². The molecule has 0 bridgehead atoms. The van der Waals surface area contributed by atoms with Crippen molar-refractivity contribution in [2.24, 2.45) is 0 Å². The zero-order valence-electron chi connectivity index (χ0n) is 19.4. The average molecular weight is 551 g/mol. The Morgan fingerprint density at radius 2 is 1.81 bits per heavy atom. The van der Waals surface area contributed by atoms with Gasteiger partial charge in [-0.3, -0.25) is 19.3 Å². The molecule has 2 aromatic heterocycles. The fraction of sp³-hybridized carbons (Fsp3) is 0.111. The number of nitrogens with zero attached hydrogens (tertiary/aromatic N) is 4. The van der Waals surface area contributed by atoms with E-state index >= 15 is 0 Å². The summed E-state index contributed by atoms with van der Waals surface area (Å²) in [4.78, 5) is 31.4. The zero-order valence-corrected chi connectivity index (χ0v) is 21.7. The Bertz CT molecular complexity index is 1580. The second-order valence-corrected chi connectivity index (χ2v) is 10.1. The SMILES string of the molecule is O=C(c1ccc([N+](=O)[O-])cc1Cl)N(CCc1csc2nc(-c3ccc(Cl)cc3)cn12)Cc1ccccc1. The van der Waals surface area contributed by atoms with Crippen molar-refractivity contribution < 1.29 is 9.72 Å². The number of non-ortho nitro benzene ring substituents is 1.